The summed E-state index contributed by atoms with van der Waals surface area (Å²) in [6.45, 7) is 2.76. The van der Waals surface area contributed by atoms with E-state index >= 15 is 0 Å². The lowest BCUT2D eigenvalue weighted by atomic mass is 10.2. The molecule has 1 unspecified atom stereocenters. The predicted molar refractivity (Wildman–Crippen MR) is 70.3 cm³/mol. The number of carbonyl (C=O) groups is 1. The van der Waals surface area contributed by atoms with Gasteiger partial charge in [-0.15, -0.1) is 0 Å². The Morgan fingerprint density at radius 3 is 3.00 bits per heavy atom. The topological polar surface area (TPSA) is 45.6 Å². The minimum atomic E-state index is -0.234. The Labute approximate surface area is 109 Å². The number of aromatic nitrogens is 1. The molecule has 0 radical (unpaired) electrons. The first-order chi connectivity index (χ1) is 8.08. The van der Waals surface area contributed by atoms with Crippen LogP contribution in [-0.4, -0.2) is 41.6 Å². The Bertz CT molecular complexity index is 473. The van der Waals surface area contributed by atoms with Crippen LogP contribution in [0.5, 0.6) is 0 Å². The lowest BCUT2D eigenvalue weighted by molar-refractivity contribution is -0.127. The van der Waals surface area contributed by atoms with Gasteiger partial charge in [0.25, 0.3) is 0 Å². The summed E-state index contributed by atoms with van der Waals surface area (Å²) in [5.74, 6) is 0.0902. The van der Waals surface area contributed by atoms with Gasteiger partial charge >= 0.3 is 0 Å². The fourth-order valence-corrected chi connectivity index (χ4v) is 2.03. The molecule has 1 fully saturated rings. The molecule has 2 heterocycles. The first-order valence-electron chi connectivity index (χ1n) is 5.48. The summed E-state index contributed by atoms with van der Waals surface area (Å²) < 4.78 is 1.00. The molecule has 0 aliphatic carbocycles. The minimum Gasteiger partial charge on any atom is -0.344 e. The fourth-order valence-electron chi connectivity index (χ4n) is 1.69. The number of hydrogen-bond donors (Lipinski definition) is 0. The van der Waals surface area contributed by atoms with E-state index in [4.69, 9.17) is 0 Å². The van der Waals surface area contributed by atoms with Crippen molar-refractivity contribution in [3.05, 3.63) is 28.0 Å². The quantitative estimate of drug-likeness (QED) is 0.781. The number of likely N-dealkylation sites (tertiary alicyclic amines) is 1. The predicted octanol–water partition coefficient (Wildman–Crippen LogP) is 1.80. The summed E-state index contributed by atoms with van der Waals surface area (Å²) in [7, 11) is 1.80. The normalized spacial score (nSPS) is 20.5. The molecule has 1 amide bonds. The van der Waals surface area contributed by atoms with Crippen LogP contribution < -0.4 is 0 Å². The summed E-state index contributed by atoms with van der Waals surface area (Å²) in [5, 5.41) is 0. The molecule has 1 aromatic heterocycles. The Hall–Kier alpha value is -1.23. The zero-order chi connectivity index (χ0) is 12.4. The molecule has 5 heteroatoms. The molecule has 1 atom stereocenters. The third kappa shape index (κ3) is 2.72. The standard InChI is InChI=1S/C12H14BrN3O/c1-8-6-14-9(5-10(8)13)7-15-11-3-4-16(2)12(11)17/h5-7,11H,3-4H2,1-2H3/b15-7+. The van der Waals surface area contributed by atoms with Crippen LogP contribution in [0.2, 0.25) is 0 Å². The maximum Gasteiger partial charge on any atom is 0.247 e. The van der Waals surface area contributed by atoms with Crippen LogP contribution in [0.25, 0.3) is 0 Å². The van der Waals surface area contributed by atoms with E-state index in [9.17, 15) is 4.79 Å². The van der Waals surface area contributed by atoms with E-state index in [1.807, 2.05) is 13.0 Å². The van der Waals surface area contributed by atoms with Gasteiger partial charge in [0.1, 0.15) is 6.04 Å². The Morgan fingerprint density at radius 1 is 1.65 bits per heavy atom. The third-order valence-corrected chi connectivity index (χ3v) is 3.70. The van der Waals surface area contributed by atoms with Crippen molar-refractivity contribution in [3.63, 3.8) is 0 Å². The molecule has 0 bridgehead atoms. The number of pyridine rings is 1. The van der Waals surface area contributed by atoms with Crippen molar-refractivity contribution in [3.8, 4) is 0 Å². The van der Waals surface area contributed by atoms with Gasteiger partial charge in [-0.1, -0.05) is 15.9 Å². The minimum absolute atomic E-state index is 0.0902. The molecule has 4 nitrogen and oxygen atoms in total. The molecule has 90 valence electrons. The number of amides is 1. The van der Waals surface area contributed by atoms with Crippen molar-refractivity contribution < 1.29 is 4.79 Å². The van der Waals surface area contributed by atoms with E-state index in [0.717, 1.165) is 28.7 Å². The van der Waals surface area contributed by atoms with E-state index < -0.39 is 0 Å². The SMILES string of the molecule is Cc1cnc(/C=N/C2CCN(C)C2=O)cc1Br. The number of rotatable bonds is 2. The molecule has 0 spiro atoms. The molecule has 1 aromatic rings. The van der Waals surface area contributed by atoms with Crippen LogP contribution in [0.15, 0.2) is 21.7 Å². The summed E-state index contributed by atoms with van der Waals surface area (Å²) in [5.41, 5.74) is 1.85. The van der Waals surface area contributed by atoms with E-state index in [2.05, 4.69) is 25.9 Å². The van der Waals surface area contributed by atoms with E-state index in [0.29, 0.717) is 0 Å². The van der Waals surface area contributed by atoms with E-state index in [1.54, 1.807) is 24.4 Å². The Kier molecular flexibility index (Phi) is 3.57. The third-order valence-electron chi connectivity index (χ3n) is 2.84. The molecule has 1 saturated heterocycles. The van der Waals surface area contributed by atoms with Gasteiger partial charge in [-0.2, -0.15) is 0 Å². The van der Waals surface area contributed by atoms with Gasteiger partial charge in [-0.3, -0.25) is 14.8 Å². The van der Waals surface area contributed by atoms with Crippen molar-refractivity contribution in [2.24, 2.45) is 4.99 Å². The second kappa shape index (κ2) is 4.96. The first kappa shape index (κ1) is 12.2. The highest BCUT2D eigenvalue weighted by Gasteiger charge is 2.27. The molecule has 2 rings (SSSR count). The summed E-state index contributed by atoms with van der Waals surface area (Å²) >= 11 is 3.44. The number of aryl methyl sites for hydroxylation is 1. The van der Waals surface area contributed by atoms with Crippen LogP contribution in [0, 0.1) is 6.92 Å². The lowest BCUT2D eigenvalue weighted by Gasteiger charge is -2.06. The second-order valence-corrected chi connectivity index (χ2v) is 5.06. The van der Waals surface area contributed by atoms with Gasteiger partial charge in [0.2, 0.25) is 5.91 Å². The smallest absolute Gasteiger partial charge is 0.247 e. The van der Waals surface area contributed by atoms with Crippen molar-refractivity contribution in [2.75, 3.05) is 13.6 Å². The number of nitrogens with zero attached hydrogens (tertiary/aromatic N) is 3. The van der Waals surface area contributed by atoms with Gasteiger partial charge in [-0.05, 0) is 25.0 Å². The molecule has 0 aromatic carbocycles. The lowest BCUT2D eigenvalue weighted by Crippen LogP contribution is -2.24. The van der Waals surface area contributed by atoms with Gasteiger partial charge < -0.3 is 4.90 Å². The molecule has 17 heavy (non-hydrogen) atoms. The second-order valence-electron chi connectivity index (χ2n) is 4.20. The monoisotopic (exact) mass is 295 g/mol. The maximum absolute atomic E-state index is 11.6. The highest BCUT2D eigenvalue weighted by atomic mass is 79.9. The van der Waals surface area contributed by atoms with E-state index in [1.165, 1.54) is 0 Å². The zero-order valence-electron chi connectivity index (χ0n) is 9.85. The average molecular weight is 296 g/mol. The highest BCUT2D eigenvalue weighted by molar-refractivity contribution is 9.10. The maximum atomic E-state index is 11.6. The summed E-state index contributed by atoms with van der Waals surface area (Å²) in [6.07, 6.45) is 4.25. The van der Waals surface area contributed by atoms with Crippen molar-refractivity contribution >= 4 is 28.1 Å². The van der Waals surface area contributed by atoms with E-state index in [-0.39, 0.29) is 11.9 Å². The van der Waals surface area contributed by atoms with Gasteiger partial charge in [0.05, 0.1) is 5.69 Å². The van der Waals surface area contributed by atoms with Gasteiger partial charge in [0, 0.05) is 30.5 Å². The van der Waals surface area contributed by atoms with Crippen LogP contribution in [0.4, 0.5) is 0 Å². The number of likely N-dealkylation sites (N-methyl/N-ethyl adjacent to an activating group) is 1. The van der Waals surface area contributed by atoms with Crippen LogP contribution in [0.3, 0.4) is 0 Å². The molecule has 1 aliphatic heterocycles. The Balaban J connectivity index is 2.10. The zero-order valence-corrected chi connectivity index (χ0v) is 11.4. The first-order valence-corrected chi connectivity index (χ1v) is 6.27. The van der Waals surface area contributed by atoms with Crippen molar-refractivity contribution in [1.82, 2.24) is 9.88 Å². The highest BCUT2D eigenvalue weighted by Crippen LogP contribution is 2.15. The fraction of sp³-hybridized carbons (Fsp3) is 0.417. The molecule has 0 N–H and O–H groups in total. The number of halogens is 1. The number of carbonyl (C=O) groups excluding carboxylic acids is 1. The van der Waals surface area contributed by atoms with Crippen LogP contribution in [-0.2, 0) is 4.79 Å². The van der Waals surface area contributed by atoms with Crippen LogP contribution in [0.1, 0.15) is 17.7 Å². The summed E-state index contributed by atoms with van der Waals surface area (Å²) in [4.78, 5) is 21.9. The largest absolute Gasteiger partial charge is 0.344 e. The van der Waals surface area contributed by atoms with Crippen molar-refractivity contribution in [2.45, 2.75) is 19.4 Å². The van der Waals surface area contributed by atoms with Crippen LogP contribution >= 0.6 is 15.9 Å². The molecule has 0 saturated carbocycles. The molecular weight excluding hydrogens is 282 g/mol. The number of aliphatic imine (C=N–C) groups is 1. The molecular formula is C12H14BrN3O. The average Bonchev–Trinajstić information content (AvgIpc) is 2.62. The van der Waals surface area contributed by atoms with Gasteiger partial charge in [0.15, 0.2) is 0 Å². The van der Waals surface area contributed by atoms with Crippen molar-refractivity contribution in [1.29, 1.82) is 0 Å². The number of hydrogen-bond acceptors (Lipinski definition) is 3. The molecule has 1 aliphatic rings. The van der Waals surface area contributed by atoms with Gasteiger partial charge in [-0.25, -0.2) is 0 Å². The Morgan fingerprint density at radius 2 is 2.41 bits per heavy atom. The summed E-state index contributed by atoms with van der Waals surface area (Å²) in [6, 6.07) is 1.67.